The van der Waals surface area contributed by atoms with Crippen molar-refractivity contribution in [3.63, 3.8) is 0 Å². The summed E-state index contributed by atoms with van der Waals surface area (Å²) in [4.78, 5) is 12.9. The molecule has 0 aromatic heterocycles. The van der Waals surface area contributed by atoms with Gasteiger partial charge in [-0.1, -0.05) is 38.5 Å². The van der Waals surface area contributed by atoms with Gasteiger partial charge in [0.25, 0.3) is 0 Å². The van der Waals surface area contributed by atoms with Crippen molar-refractivity contribution in [1.29, 1.82) is 0 Å². The molecule has 2 heterocycles. The second-order valence-electron chi connectivity index (χ2n) is 7.71. The number of piperidine rings is 1. The molecule has 3 aliphatic rings. The molecule has 3 fully saturated rings. The summed E-state index contributed by atoms with van der Waals surface area (Å²) < 4.78 is 0. The minimum absolute atomic E-state index is 0.0716. The number of hydrogen-bond donors (Lipinski definition) is 2. The highest BCUT2D eigenvalue weighted by molar-refractivity contribution is 5.97. The van der Waals surface area contributed by atoms with Crippen molar-refractivity contribution in [2.24, 2.45) is 23.7 Å². The van der Waals surface area contributed by atoms with Gasteiger partial charge in [-0.2, -0.15) is 0 Å². The van der Waals surface area contributed by atoms with E-state index in [1.807, 2.05) is 30.3 Å². The van der Waals surface area contributed by atoms with Gasteiger partial charge in [0.1, 0.15) is 0 Å². The molecule has 2 aliphatic heterocycles. The van der Waals surface area contributed by atoms with E-state index in [4.69, 9.17) is 0 Å². The van der Waals surface area contributed by atoms with Crippen molar-refractivity contribution in [2.45, 2.75) is 45.2 Å². The van der Waals surface area contributed by atoms with Crippen molar-refractivity contribution in [3.8, 4) is 0 Å². The van der Waals surface area contributed by atoms with Crippen molar-refractivity contribution >= 4 is 11.6 Å². The Morgan fingerprint density at radius 2 is 1.91 bits per heavy atom. The zero-order valence-corrected chi connectivity index (χ0v) is 14.0. The van der Waals surface area contributed by atoms with Gasteiger partial charge in [-0.3, -0.25) is 4.79 Å². The molecule has 1 saturated carbocycles. The highest BCUT2D eigenvalue weighted by atomic mass is 16.2. The Morgan fingerprint density at radius 3 is 2.65 bits per heavy atom. The van der Waals surface area contributed by atoms with Crippen molar-refractivity contribution in [3.05, 3.63) is 30.3 Å². The predicted molar refractivity (Wildman–Crippen MR) is 91.8 cm³/mol. The number of para-hydroxylation sites is 1. The minimum atomic E-state index is 0.0716. The Labute approximate surface area is 138 Å². The van der Waals surface area contributed by atoms with E-state index < -0.39 is 0 Å². The van der Waals surface area contributed by atoms with Gasteiger partial charge in [0.15, 0.2) is 0 Å². The topological polar surface area (TPSA) is 44.4 Å². The standard InChI is InChI=1S/C19H27N3O/c1-12(2)14-9-6-10-15-17(14)20-11-16-18(15)21-22(19(16)23)13-7-4-3-5-8-13/h3-5,7-8,12,14-18,20-21H,6,9-11H2,1-2H3. The summed E-state index contributed by atoms with van der Waals surface area (Å²) in [5, 5.41) is 5.53. The molecule has 1 amide bonds. The number of benzene rings is 1. The monoisotopic (exact) mass is 313 g/mol. The van der Waals surface area contributed by atoms with Crippen LogP contribution in [0.4, 0.5) is 5.69 Å². The molecular weight excluding hydrogens is 286 g/mol. The third-order valence-corrected chi connectivity index (χ3v) is 6.15. The van der Waals surface area contributed by atoms with Gasteiger partial charge < -0.3 is 5.32 Å². The number of amides is 1. The van der Waals surface area contributed by atoms with Crippen LogP contribution < -0.4 is 15.8 Å². The largest absolute Gasteiger partial charge is 0.313 e. The number of hydrazine groups is 1. The van der Waals surface area contributed by atoms with Gasteiger partial charge in [-0.15, -0.1) is 0 Å². The molecule has 4 nitrogen and oxygen atoms in total. The molecule has 5 atom stereocenters. The Bertz CT molecular complexity index is 573. The lowest BCUT2D eigenvalue weighted by Crippen LogP contribution is -2.60. The van der Waals surface area contributed by atoms with Crippen LogP contribution in [0.5, 0.6) is 0 Å². The summed E-state index contributed by atoms with van der Waals surface area (Å²) in [6.45, 7) is 5.48. The first-order valence-corrected chi connectivity index (χ1v) is 9.05. The summed E-state index contributed by atoms with van der Waals surface area (Å²) in [6, 6.07) is 10.8. The quantitative estimate of drug-likeness (QED) is 0.882. The molecular formula is C19H27N3O. The highest BCUT2D eigenvalue weighted by Gasteiger charge is 2.52. The van der Waals surface area contributed by atoms with Crippen LogP contribution in [0.25, 0.3) is 0 Å². The maximum absolute atomic E-state index is 12.9. The van der Waals surface area contributed by atoms with Crippen LogP contribution in [0.1, 0.15) is 33.1 Å². The summed E-state index contributed by atoms with van der Waals surface area (Å²) in [5.41, 5.74) is 4.52. The third-order valence-electron chi connectivity index (χ3n) is 6.15. The Hall–Kier alpha value is -1.39. The van der Waals surface area contributed by atoms with Crippen LogP contribution in [0, 0.1) is 23.7 Å². The fourth-order valence-electron chi connectivity index (χ4n) is 4.99. The molecule has 4 rings (SSSR count). The van der Waals surface area contributed by atoms with E-state index in [2.05, 4.69) is 24.6 Å². The molecule has 1 aromatic rings. The normalized spacial score (nSPS) is 36.9. The average Bonchev–Trinajstić information content (AvgIpc) is 2.92. The summed E-state index contributed by atoms with van der Waals surface area (Å²) in [5.74, 6) is 2.29. The first-order valence-electron chi connectivity index (χ1n) is 9.05. The molecule has 2 N–H and O–H groups in total. The molecule has 124 valence electrons. The van der Waals surface area contributed by atoms with Gasteiger partial charge in [-0.05, 0) is 42.7 Å². The average molecular weight is 313 g/mol. The lowest BCUT2D eigenvalue weighted by Gasteiger charge is -2.47. The summed E-state index contributed by atoms with van der Waals surface area (Å²) in [7, 11) is 0. The van der Waals surface area contributed by atoms with Crippen LogP contribution in [0.15, 0.2) is 30.3 Å². The number of nitrogens with one attached hydrogen (secondary N) is 2. The van der Waals surface area contributed by atoms with E-state index in [1.165, 1.54) is 19.3 Å². The van der Waals surface area contributed by atoms with Crippen LogP contribution in [0.2, 0.25) is 0 Å². The van der Waals surface area contributed by atoms with Crippen molar-refractivity contribution in [1.82, 2.24) is 10.7 Å². The van der Waals surface area contributed by atoms with Gasteiger partial charge in [0.2, 0.25) is 5.91 Å². The predicted octanol–water partition coefficient (Wildman–Crippen LogP) is 2.57. The van der Waals surface area contributed by atoms with E-state index in [1.54, 1.807) is 5.01 Å². The van der Waals surface area contributed by atoms with Crippen molar-refractivity contribution < 1.29 is 4.79 Å². The number of hydrogen-bond acceptors (Lipinski definition) is 3. The Morgan fingerprint density at radius 1 is 1.13 bits per heavy atom. The zero-order chi connectivity index (χ0) is 16.0. The Kier molecular flexibility index (Phi) is 3.90. The van der Waals surface area contributed by atoms with Gasteiger partial charge in [0, 0.05) is 18.6 Å². The molecule has 0 bridgehead atoms. The van der Waals surface area contributed by atoms with Crippen LogP contribution in [-0.2, 0) is 4.79 Å². The Balaban J connectivity index is 1.59. The number of carbonyl (C=O) groups excluding carboxylic acids is 1. The first kappa shape index (κ1) is 15.2. The molecule has 1 aliphatic carbocycles. The molecule has 0 radical (unpaired) electrons. The number of nitrogens with zero attached hydrogens (tertiary/aromatic N) is 1. The van der Waals surface area contributed by atoms with Gasteiger partial charge in [0.05, 0.1) is 11.6 Å². The second kappa shape index (κ2) is 5.91. The molecule has 2 saturated heterocycles. The van der Waals surface area contributed by atoms with E-state index in [-0.39, 0.29) is 17.9 Å². The smallest absolute Gasteiger partial charge is 0.247 e. The van der Waals surface area contributed by atoms with E-state index in [0.717, 1.165) is 18.2 Å². The fourth-order valence-corrected chi connectivity index (χ4v) is 4.99. The summed E-state index contributed by atoms with van der Waals surface area (Å²) >= 11 is 0. The minimum Gasteiger partial charge on any atom is -0.313 e. The van der Waals surface area contributed by atoms with E-state index in [0.29, 0.717) is 17.9 Å². The maximum Gasteiger partial charge on any atom is 0.247 e. The molecule has 4 heteroatoms. The number of rotatable bonds is 2. The van der Waals surface area contributed by atoms with Crippen LogP contribution in [0.3, 0.4) is 0 Å². The highest BCUT2D eigenvalue weighted by Crippen LogP contribution is 2.42. The van der Waals surface area contributed by atoms with Crippen LogP contribution >= 0.6 is 0 Å². The SMILES string of the molecule is CC(C)C1CCCC2C3NN(c4ccccc4)C(=O)C3CNC12. The van der Waals surface area contributed by atoms with E-state index in [9.17, 15) is 4.79 Å². The van der Waals surface area contributed by atoms with E-state index >= 15 is 0 Å². The number of anilines is 1. The molecule has 1 aromatic carbocycles. The first-order chi connectivity index (χ1) is 11.2. The lowest BCUT2D eigenvalue weighted by atomic mass is 9.66. The molecule has 5 unspecified atom stereocenters. The van der Waals surface area contributed by atoms with Gasteiger partial charge in [-0.25, -0.2) is 10.4 Å². The van der Waals surface area contributed by atoms with Crippen LogP contribution in [-0.4, -0.2) is 24.5 Å². The second-order valence-corrected chi connectivity index (χ2v) is 7.71. The number of carbonyl (C=O) groups is 1. The van der Waals surface area contributed by atoms with Gasteiger partial charge >= 0.3 is 0 Å². The number of fused-ring (bicyclic) bond motifs is 3. The third kappa shape index (κ3) is 2.48. The molecule has 23 heavy (non-hydrogen) atoms. The maximum atomic E-state index is 12.9. The molecule has 0 spiro atoms. The summed E-state index contributed by atoms with van der Waals surface area (Å²) in [6.07, 6.45) is 3.83. The zero-order valence-electron chi connectivity index (χ0n) is 14.0. The lowest BCUT2D eigenvalue weighted by molar-refractivity contribution is -0.121. The van der Waals surface area contributed by atoms with Crippen molar-refractivity contribution in [2.75, 3.05) is 11.6 Å². The fraction of sp³-hybridized carbons (Fsp3) is 0.632.